The summed E-state index contributed by atoms with van der Waals surface area (Å²) < 4.78 is 18.6. The number of benzene rings is 2. The highest BCUT2D eigenvalue weighted by molar-refractivity contribution is 5.78. The third-order valence-electron chi connectivity index (χ3n) is 5.94. The molecule has 1 fully saturated rings. The smallest absolute Gasteiger partial charge is 0.226 e. The molecule has 0 N–H and O–H groups in total. The lowest BCUT2D eigenvalue weighted by atomic mass is 9.96. The molecule has 162 valence electrons. The average Bonchev–Trinajstić information content (AvgIpc) is 2.77. The molecular weight excluding hydrogens is 379 g/mol. The summed E-state index contributed by atoms with van der Waals surface area (Å²) in [5.74, 6) is 1.31. The van der Waals surface area contributed by atoms with Crippen molar-refractivity contribution in [2.24, 2.45) is 5.92 Å². The van der Waals surface area contributed by atoms with Crippen molar-refractivity contribution in [1.29, 1.82) is 0 Å². The second-order valence-electron chi connectivity index (χ2n) is 8.15. The standard InChI is InChI=1S/C25H33FN2O2/c1-3-28(25(29)17-21-9-11-24(30-2)12-10-21)19-22-7-5-14-27(18-22)15-13-20-6-4-8-23(26)16-20/h4,6,8-12,16,22H,3,5,7,13-15,17-19H2,1-2H3. The zero-order chi connectivity index (χ0) is 21.3. The van der Waals surface area contributed by atoms with Crippen LogP contribution in [0.2, 0.25) is 0 Å². The molecule has 4 nitrogen and oxygen atoms in total. The minimum Gasteiger partial charge on any atom is -0.497 e. The maximum atomic E-state index is 13.4. The predicted octanol–water partition coefficient (Wildman–Crippen LogP) is 4.18. The molecule has 0 aliphatic carbocycles. The Kier molecular flexibility index (Phi) is 8.26. The molecule has 3 rings (SSSR count). The van der Waals surface area contributed by atoms with Crippen LogP contribution in [0.15, 0.2) is 48.5 Å². The summed E-state index contributed by atoms with van der Waals surface area (Å²) in [5.41, 5.74) is 2.06. The maximum absolute atomic E-state index is 13.4. The van der Waals surface area contributed by atoms with Crippen molar-refractivity contribution in [3.63, 3.8) is 0 Å². The van der Waals surface area contributed by atoms with Crippen LogP contribution in [0.5, 0.6) is 5.75 Å². The SMILES string of the molecule is CCN(CC1CCCN(CCc2cccc(F)c2)C1)C(=O)Cc1ccc(OC)cc1. The summed E-state index contributed by atoms with van der Waals surface area (Å²) >= 11 is 0. The average molecular weight is 413 g/mol. The van der Waals surface area contributed by atoms with Gasteiger partial charge in [0.05, 0.1) is 13.5 Å². The Morgan fingerprint density at radius 3 is 2.70 bits per heavy atom. The summed E-state index contributed by atoms with van der Waals surface area (Å²) in [6, 6.07) is 14.6. The second-order valence-corrected chi connectivity index (χ2v) is 8.15. The normalized spacial score (nSPS) is 17.0. The fourth-order valence-electron chi connectivity index (χ4n) is 4.23. The van der Waals surface area contributed by atoms with Crippen LogP contribution in [0.25, 0.3) is 0 Å². The highest BCUT2D eigenvalue weighted by Crippen LogP contribution is 2.19. The van der Waals surface area contributed by atoms with E-state index in [1.54, 1.807) is 19.2 Å². The van der Waals surface area contributed by atoms with Crippen molar-refractivity contribution in [2.45, 2.75) is 32.6 Å². The predicted molar refractivity (Wildman–Crippen MR) is 118 cm³/mol. The van der Waals surface area contributed by atoms with E-state index in [1.165, 1.54) is 6.07 Å². The second kappa shape index (κ2) is 11.1. The Morgan fingerprint density at radius 2 is 2.00 bits per heavy atom. The number of nitrogens with zero attached hydrogens (tertiary/aromatic N) is 2. The molecule has 1 heterocycles. The maximum Gasteiger partial charge on any atom is 0.226 e. The van der Waals surface area contributed by atoms with Crippen LogP contribution in [0.1, 0.15) is 30.9 Å². The summed E-state index contributed by atoms with van der Waals surface area (Å²) in [5, 5.41) is 0. The zero-order valence-corrected chi connectivity index (χ0v) is 18.1. The van der Waals surface area contributed by atoms with E-state index in [0.717, 1.165) is 68.9 Å². The number of methoxy groups -OCH3 is 1. The third-order valence-corrected chi connectivity index (χ3v) is 5.94. The van der Waals surface area contributed by atoms with E-state index in [1.807, 2.05) is 35.2 Å². The van der Waals surface area contributed by atoms with Crippen LogP contribution in [0, 0.1) is 11.7 Å². The van der Waals surface area contributed by atoms with E-state index in [4.69, 9.17) is 4.74 Å². The Hall–Kier alpha value is -2.40. The quantitative estimate of drug-likeness (QED) is 0.619. The summed E-state index contributed by atoms with van der Waals surface area (Å²) in [7, 11) is 1.64. The lowest BCUT2D eigenvalue weighted by Gasteiger charge is -2.35. The van der Waals surface area contributed by atoms with Crippen LogP contribution in [0.4, 0.5) is 4.39 Å². The van der Waals surface area contributed by atoms with Gasteiger partial charge in [0.2, 0.25) is 5.91 Å². The molecule has 1 atom stereocenters. The van der Waals surface area contributed by atoms with Gasteiger partial charge >= 0.3 is 0 Å². The van der Waals surface area contributed by atoms with Gasteiger partial charge in [-0.1, -0.05) is 24.3 Å². The molecule has 0 bridgehead atoms. The fourth-order valence-corrected chi connectivity index (χ4v) is 4.23. The number of likely N-dealkylation sites (tertiary alicyclic amines) is 1. The fraction of sp³-hybridized carbons (Fsp3) is 0.480. The molecular formula is C25H33FN2O2. The number of piperidine rings is 1. The van der Waals surface area contributed by atoms with Gasteiger partial charge in [-0.3, -0.25) is 4.79 Å². The molecule has 2 aromatic rings. The van der Waals surface area contributed by atoms with E-state index in [0.29, 0.717) is 12.3 Å². The van der Waals surface area contributed by atoms with Gasteiger partial charge in [0, 0.05) is 26.2 Å². The van der Waals surface area contributed by atoms with Crippen molar-refractivity contribution >= 4 is 5.91 Å². The number of carbonyl (C=O) groups excluding carboxylic acids is 1. The highest BCUT2D eigenvalue weighted by atomic mass is 19.1. The Balaban J connectivity index is 1.49. The van der Waals surface area contributed by atoms with Crippen molar-refractivity contribution in [1.82, 2.24) is 9.80 Å². The minimum atomic E-state index is -0.169. The molecule has 0 aromatic heterocycles. The first kappa shape index (κ1) is 22.3. The summed E-state index contributed by atoms with van der Waals surface area (Å²) in [6.07, 6.45) is 3.59. The number of halogens is 1. The van der Waals surface area contributed by atoms with Crippen molar-refractivity contribution < 1.29 is 13.9 Å². The van der Waals surface area contributed by atoms with Gasteiger partial charge < -0.3 is 14.5 Å². The number of likely N-dealkylation sites (N-methyl/N-ethyl adjacent to an activating group) is 1. The van der Waals surface area contributed by atoms with Gasteiger partial charge in [-0.15, -0.1) is 0 Å². The molecule has 1 amide bonds. The monoisotopic (exact) mass is 412 g/mol. The first-order valence-electron chi connectivity index (χ1n) is 10.9. The van der Waals surface area contributed by atoms with Gasteiger partial charge in [-0.05, 0) is 74.0 Å². The van der Waals surface area contributed by atoms with E-state index in [9.17, 15) is 9.18 Å². The van der Waals surface area contributed by atoms with Gasteiger partial charge in [0.15, 0.2) is 0 Å². The lowest BCUT2D eigenvalue weighted by Crippen LogP contribution is -2.43. The highest BCUT2D eigenvalue weighted by Gasteiger charge is 2.23. The van der Waals surface area contributed by atoms with E-state index < -0.39 is 0 Å². The van der Waals surface area contributed by atoms with Crippen molar-refractivity contribution in [3.8, 4) is 5.75 Å². The van der Waals surface area contributed by atoms with Gasteiger partial charge in [0.1, 0.15) is 11.6 Å². The van der Waals surface area contributed by atoms with Crippen molar-refractivity contribution in [3.05, 3.63) is 65.5 Å². The minimum absolute atomic E-state index is 0.169. The number of hydrogen-bond donors (Lipinski definition) is 0. The topological polar surface area (TPSA) is 32.8 Å². The number of ether oxygens (including phenoxy) is 1. The first-order valence-corrected chi connectivity index (χ1v) is 10.9. The molecule has 2 aromatic carbocycles. The Morgan fingerprint density at radius 1 is 1.20 bits per heavy atom. The van der Waals surface area contributed by atoms with Crippen LogP contribution in [-0.2, 0) is 17.6 Å². The first-order chi connectivity index (χ1) is 14.6. The number of carbonyl (C=O) groups is 1. The van der Waals surface area contributed by atoms with Crippen LogP contribution < -0.4 is 4.74 Å². The largest absolute Gasteiger partial charge is 0.497 e. The van der Waals surface area contributed by atoms with Gasteiger partial charge in [-0.2, -0.15) is 0 Å². The van der Waals surface area contributed by atoms with E-state index in [2.05, 4.69) is 11.8 Å². The third kappa shape index (κ3) is 6.56. The van der Waals surface area contributed by atoms with Crippen LogP contribution in [-0.4, -0.2) is 55.5 Å². The number of rotatable bonds is 9. The molecule has 0 radical (unpaired) electrons. The molecule has 30 heavy (non-hydrogen) atoms. The van der Waals surface area contributed by atoms with E-state index >= 15 is 0 Å². The van der Waals surface area contributed by atoms with Gasteiger partial charge in [-0.25, -0.2) is 4.39 Å². The molecule has 1 aliphatic rings. The molecule has 1 unspecified atom stereocenters. The summed E-state index contributed by atoms with van der Waals surface area (Å²) in [4.78, 5) is 17.3. The van der Waals surface area contributed by atoms with Crippen LogP contribution >= 0.6 is 0 Å². The molecule has 1 aliphatic heterocycles. The lowest BCUT2D eigenvalue weighted by molar-refractivity contribution is -0.131. The van der Waals surface area contributed by atoms with E-state index in [-0.39, 0.29) is 11.7 Å². The molecule has 5 heteroatoms. The van der Waals surface area contributed by atoms with Crippen molar-refractivity contribution in [2.75, 3.05) is 39.8 Å². The van der Waals surface area contributed by atoms with Crippen LogP contribution in [0.3, 0.4) is 0 Å². The summed E-state index contributed by atoms with van der Waals surface area (Å²) in [6.45, 7) is 6.61. The molecule has 0 saturated carbocycles. The Bertz CT molecular complexity index is 809. The number of hydrogen-bond acceptors (Lipinski definition) is 3. The zero-order valence-electron chi connectivity index (χ0n) is 18.1. The van der Waals surface area contributed by atoms with Gasteiger partial charge in [0.25, 0.3) is 0 Å². The Labute approximate surface area is 179 Å². The number of amides is 1. The molecule has 1 saturated heterocycles. The molecule has 0 spiro atoms.